The normalized spacial score (nSPS) is 11.6. The summed E-state index contributed by atoms with van der Waals surface area (Å²) in [7, 11) is -0.462. The van der Waals surface area contributed by atoms with Crippen LogP contribution in [0, 0.1) is 0 Å². The molecule has 0 aliphatic carbocycles. The highest BCUT2D eigenvalue weighted by atomic mass is 35.5. The SMILES string of the molecule is COc1ccccc1S(=O)(=O)NCCc1c(CCN(C)c2ccc(C(=O)O)cc2)c2cc(Cl)ccc2n1C(c1ccccc1)c1ccccc1. The van der Waals surface area contributed by atoms with Crippen molar-refractivity contribution in [2.75, 3.05) is 32.1 Å². The molecule has 5 aromatic carbocycles. The fourth-order valence-electron chi connectivity index (χ4n) is 6.50. The molecule has 6 aromatic rings. The maximum atomic E-state index is 13.5. The van der Waals surface area contributed by atoms with Crippen molar-refractivity contribution in [3.63, 3.8) is 0 Å². The Kier molecular flexibility index (Phi) is 10.6. The second-order valence-electron chi connectivity index (χ2n) is 12.0. The molecule has 0 saturated carbocycles. The van der Waals surface area contributed by atoms with E-state index in [4.69, 9.17) is 16.3 Å². The molecule has 50 heavy (non-hydrogen) atoms. The molecule has 0 radical (unpaired) electrons. The Morgan fingerprint density at radius 1 is 0.860 bits per heavy atom. The van der Waals surface area contributed by atoms with Gasteiger partial charge >= 0.3 is 5.97 Å². The second kappa shape index (κ2) is 15.2. The fourth-order valence-corrected chi connectivity index (χ4v) is 7.87. The smallest absolute Gasteiger partial charge is 0.335 e. The Morgan fingerprint density at radius 2 is 1.48 bits per heavy atom. The molecule has 0 bridgehead atoms. The van der Waals surface area contributed by atoms with Gasteiger partial charge in [0.15, 0.2) is 0 Å². The van der Waals surface area contributed by atoms with Crippen LogP contribution in [-0.4, -0.2) is 51.3 Å². The summed E-state index contributed by atoms with van der Waals surface area (Å²) in [4.78, 5) is 13.6. The maximum Gasteiger partial charge on any atom is 0.335 e. The summed E-state index contributed by atoms with van der Waals surface area (Å²) in [5.41, 5.74) is 6.31. The number of carbonyl (C=O) groups is 1. The minimum Gasteiger partial charge on any atom is -0.495 e. The highest BCUT2D eigenvalue weighted by molar-refractivity contribution is 7.89. The summed E-state index contributed by atoms with van der Waals surface area (Å²) in [6.45, 7) is 0.750. The number of carboxylic acid groups (broad SMARTS) is 1. The number of para-hydroxylation sites is 1. The number of ether oxygens (including phenoxy) is 1. The van der Waals surface area contributed by atoms with Crippen LogP contribution in [0.4, 0.5) is 5.69 Å². The summed E-state index contributed by atoms with van der Waals surface area (Å²) in [5.74, 6) is -0.696. The standard InChI is InChI=1S/C40H38ClN3O5S/c1-43(32-20-17-30(18-21-32)40(45)46)26-24-33-34-27-31(41)19-22-35(34)44(39(28-11-5-3-6-12-28)29-13-7-4-8-14-29)36(33)23-25-42-50(47,48)38-16-10-9-15-37(38)49-2/h3-22,27,39,42H,23-26H2,1-2H3,(H,45,46). The van der Waals surface area contributed by atoms with Gasteiger partial charge in [-0.2, -0.15) is 0 Å². The van der Waals surface area contributed by atoms with Gasteiger partial charge in [0.1, 0.15) is 10.6 Å². The lowest BCUT2D eigenvalue weighted by Gasteiger charge is -2.25. The third-order valence-electron chi connectivity index (χ3n) is 8.94. The van der Waals surface area contributed by atoms with Gasteiger partial charge in [-0.1, -0.05) is 84.4 Å². The van der Waals surface area contributed by atoms with Crippen LogP contribution in [0.2, 0.25) is 5.02 Å². The van der Waals surface area contributed by atoms with Crippen LogP contribution in [0.5, 0.6) is 5.75 Å². The van der Waals surface area contributed by atoms with Crippen molar-refractivity contribution in [3.8, 4) is 5.75 Å². The topological polar surface area (TPSA) is 101 Å². The van der Waals surface area contributed by atoms with Crippen LogP contribution in [0.25, 0.3) is 10.9 Å². The number of fused-ring (bicyclic) bond motifs is 1. The number of carboxylic acids is 1. The van der Waals surface area contributed by atoms with Crippen LogP contribution in [0.3, 0.4) is 0 Å². The first-order valence-electron chi connectivity index (χ1n) is 16.3. The molecule has 0 saturated heterocycles. The van der Waals surface area contributed by atoms with Crippen molar-refractivity contribution < 1.29 is 23.1 Å². The first-order chi connectivity index (χ1) is 24.2. The largest absolute Gasteiger partial charge is 0.495 e. The van der Waals surface area contributed by atoms with Crippen LogP contribution in [0.15, 0.2) is 132 Å². The molecule has 6 rings (SSSR count). The van der Waals surface area contributed by atoms with Crippen LogP contribution in [-0.2, 0) is 22.9 Å². The van der Waals surface area contributed by atoms with Crippen LogP contribution < -0.4 is 14.4 Å². The molecule has 0 spiro atoms. The predicted molar refractivity (Wildman–Crippen MR) is 199 cm³/mol. The lowest BCUT2D eigenvalue weighted by molar-refractivity contribution is 0.0697. The molecular weight excluding hydrogens is 670 g/mol. The Balaban J connectivity index is 1.45. The first-order valence-corrected chi connectivity index (χ1v) is 18.1. The van der Waals surface area contributed by atoms with Gasteiger partial charge in [-0.05, 0) is 77.7 Å². The van der Waals surface area contributed by atoms with Gasteiger partial charge in [-0.25, -0.2) is 17.9 Å². The van der Waals surface area contributed by atoms with Crippen molar-refractivity contribution >= 4 is 44.2 Å². The van der Waals surface area contributed by atoms with Gasteiger partial charge in [-0.15, -0.1) is 0 Å². The number of rotatable bonds is 14. The van der Waals surface area contributed by atoms with Crippen LogP contribution >= 0.6 is 11.6 Å². The molecule has 2 N–H and O–H groups in total. The van der Waals surface area contributed by atoms with E-state index >= 15 is 0 Å². The number of anilines is 1. The quantitative estimate of drug-likeness (QED) is 0.120. The van der Waals surface area contributed by atoms with Crippen LogP contribution in [0.1, 0.15) is 38.8 Å². The van der Waals surface area contributed by atoms with E-state index in [1.165, 1.54) is 13.2 Å². The maximum absolute atomic E-state index is 13.5. The van der Waals surface area contributed by atoms with E-state index in [1.807, 2.05) is 61.6 Å². The highest BCUT2D eigenvalue weighted by Crippen LogP contribution is 2.38. The molecule has 0 unspecified atom stereocenters. The average Bonchev–Trinajstić information content (AvgIpc) is 3.42. The number of nitrogens with zero attached hydrogens (tertiary/aromatic N) is 2. The average molecular weight is 708 g/mol. The molecule has 0 fully saturated rings. The van der Waals surface area contributed by atoms with Gasteiger partial charge in [0, 0.05) is 53.9 Å². The second-order valence-corrected chi connectivity index (χ2v) is 14.2. The monoisotopic (exact) mass is 707 g/mol. The number of halogens is 1. The fraction of sp³-hybridized carbons (Fsp3) is 0.175. The lowest BCUT2D eigenvalue weighted by atomic mass is 9.97. The zero-order valence-corrected chi connectivity index (χ0v) is 29.4. The summed E-state index contributed by atoms with van der Waals surface area (Å²) in [5, 5.41) is 11.0. The highest BCUT2D eigenvalue weighted by Gasteiger charge is 2.27. The Hall–Kier alpha value is -5.09. The minimum absolute atomic E-state index is 0.0806. The van der Waals surface area contributed by atoms with Gasteiger partial charge in [-0.3, -0.25) is 0 Å². The molecule has 10 heteroatoms. The van der Waals surface area contributed by atoms with Gasteiger partial charge in [0.2, 0.25) is 10.0 Å². The molecular formula is C40H38ClN3O5S. The lowest BCUT2D eigenvalue weighted by Crippen LogP contribution is -2.28. The molecule has 0 aliphatic heterocycles. The molecule has 8 nitrogen and oxygen atoms in total. The third-order valence-corrected chi connectivity index (χ3v) is 10.7. The third kappa shape index (κ3) is 7.40. The molecule has 0 atom stereocenters. The van der Waals surface area contributed by atoms with E-state index in [9.17, 15) is 18.3 Å². The number of methoxy groups -OCH3 is 1. The van der Waals surface area contributed by atoms with Gasteiger partial charge < -0.3 is 19.3 Å². The van der Waals surface area contributed by atoms with Gasteiger partial charge in [0.25, 0.3) is 0 Å². The predicted octanol–water partition coefficient (Wildman–Crippen LogP) is 7.84. The van der Waals surface area contributed by atoms with Crippen molar-refractivity contribution in [2.45, 2.75) is 23.8 Å². The number of likely N-dealkylation sites (N-methyl/N-ethyl adjacent to an activating group) is 1. The summed E-state index contributed by atoms with van der Waals surface area (Å²) < 4.78 is 37.6. The van der Waals surface area contributed by atoms with Crippen molar-refractivity contribution in [2.24, 2.45) is 0 Å². The molecule has 256 valence electrons. The van der Waals surface area contributed by atoms with E-state index in [0.717, 1.165) is 39.0 Å². The van der Waals surface area contributed by atoms with E-state index in [1.54, 1.807) is 42.5 Å². The summed E-state index contributed by atoms with van der Waals surface area (Å²) in [6.07, 6.45) is 1.01. The van der Waals surface area contributed by atoms with Crippen molar-refractivity contribution in [1.82, 2.24) is 9.29 Å². The number of hydrogen-bond acceptors (Lipinski definition) is 5. The number of nitrogens with one attached hydrogen (secondary N) is 1. The van der Waals surface area contributed by atoms with Crippen molar-refractivity contribution in [1.29, 1.82) is 0 Å². The van der Waals surface area contributed by atoms with E-state index < -0.39 is 16.0 Å². The number of benzene rings is 5. The molecule has 0 aliphatic rings. The zero-order chi connectivity index (χ0) is 35.3. The Morgan fingerprint density at radius 3 is 2.10 bits per heavy atom. The number of hydrogen-bond donors (Lipinski definition) is 2. The summed E-state index contributed by atoms with van der Waals surface area (Å²) in [6, 6.07) is 39.6. The van der Waals surface area contributed by atoms with E-state index in [2.05, 4.69) is 38.5 Å². The Labute approximate surface area is 297 Å². The Bertz CT molecular complexity index is 2170. The minimum atomic E-state index is -3.89. The number of aromatic nitrogens is 1. The van der Waals surface area contributed by atoms with E-state index in [0.29, 0.717) is 24.4 Å². The molecule has 1 aromatic heterocycles. The first kappa shape index (κ1) is 34.8. The summed E-state index contributed by atoms with van der Waals surface area (Å²) >= 11 is 6.65. The number of sulfonamides is 1. The van der Waals surface area contributed by atoms with E-state index in [-0.39, 0.29) is 28.8 Å². The molecule has 1 heterocycles. The zero-order valence-electron chi connectivity index (χ0n) is 27.8. The number of aromatic carboxylic acids is 1. The van der Waals surface area contributed by atoms with Crippen molar-refractivity contribution in [3.05, 3.63) is 160 Å². The molecule has 0 amide bonds. The van der Waals surface area contributed by atoms with Gasteiger partial charge in [0.05, 0.1) is 18.7 Å².